The number of rotatable bonds is 0. The molecule has 0 aromatic carbocycles. The molecule has 1 aromatic heterocycles. The van der Waals surface area contributed by atoms with Gasteiger partial charge in [-0.25, -0.2) is 0 Å². The average Bonchev–Trinajstić information content (AvgIpc) is 1.86. The second-order valence-electron chi connectivity index (χ2n) is 1.03. The molecule has 0 aliphatic heterocycles. The molecule has 0 spiro atoms. The Morgan fingerprint density at radius 2 is 2.67 bits per heavy atom. The fourth-order valence-corrected chi connectivity index (χ4v) is 0.882. The predicted octanol–water partition coefficient (Wildman–Crippen LogP) is -0.158. The Morgan fingerprint density at radius 3 is 2.83 bits per heavy atom. The van der Waals surface area contributed by atoms with Crippen molar-refractivity contribution in [2.24, 2.45) is 0 Å². The number of hydrogen-bond acceptors (Lipinski definition) is 2. The number of nitrogens with zero attached hydrogens (tertiary/aromatic N) is 2. The molecule has 2 nitrogen and oxygen atoms in total. The van der Waals surface area contributed by atoms with Crippen LogP contribution < -0.4 is 0 Å². The van der Waals surface area contributed by atoms with Crippen LogP contribution in [0.2, 0.25) is 0 Å². The van der Waals surface area contributed by atoms with Gasteiger partial charge in [-0.2, -0.15) is 0 Å². The molecule has 1 heterocycles. The average molecular weight is 147 g/mol. The molecule has 3 heteroatoms. The molecule has 0 N–H and O–H groups in total. The van der Waals surface area contributed by atoms with E-state index in [0.717, 1.165) is 0 Å². The molecular formula is C3H4N2Se. The summed E-state index contributed by atoms with van der Waals surface area (Å²) in [6.07, 6.45) is 1.81. The summed E-state index contributed by atoms with van der Waals surface area (Å²) in [5, 5.41) is 3.66. The first-order valence-corrected chi connectivity index (χ1v) is 3.26. The van der Waals surface area contributed by atoms with E-state index in [9.17, 15) is 0 Å². The molecule has 32 valence electrons. The van der Waals surface area contributed by atoms with Crippen LogP contribution >= 0.6 is 0 Å². The monoisotopic (exact) mass is 148 g/mol. The first kappa shape index (κ1) is 4.03. The summed E-state index contributed by atoms with van der Waals surface area (Å²) >= 11 is 0.347. The van der Waals surface area contributed by atoms with Crippen LogP contribution in [0.1, 0.15) is 4.44 Å². The van der Waals surface area contributed by atoms with Gasteiger partial charge in [0, 0.05) is 0 Å². The molecule has 0 amide bonds. The molecule has 1 rings (SSSR count). The molecule has 0 fully saturated rings. The van der Waals surface area contributed by atoms with Crippen molar-refractivity contribution in [3.63, 3.8) is 0 Å². The van der Waals surface area contributed by atoms with Crippen LogP contribution in [0.25, 0.3) is 0 Å². The van der Waals surface area contributed by atoms with Gasteiger partial charge in [0.25, 0.3) is 0 Å². The van der Waals surface area contributed by atoms with Gasteiger partial charge in [0.1, 0.15) is 0 Å². The van der Waals surface area contributed by atoms with Crippen LogP contribution in [-0.4, -0.2) is 23.9 Å². The molecule has 1 aromatic rings. The zero-order chi connectivity index (χ0) is 4.41. The van der Waals surface area contributed by atoms with E-state index in [2.05, 4.69) is 9.19 Å². The summed E-state index contributed by atoms with van der Waals surface area (Å²) in [5.74, 6) is 0. The first-order chi connectivity index (χ1) is 2.89. The fraction of sp³-hybridized carbons (Fsp3) is 0.333. The summed E-state index contributed by atoms with van der Waals surface area (Å²) in [7, 11) is 0. The van der Waals surface area contributed by atoms with Crippen molar-refractivity contribution in [2.75, 3.05) is 0 Å². The second-order valence-corrected chi connectivity index (χ2v) is 3.10. The SMILES string of the molecule is Cc1cnn[se]1. The van der Waals surface area contributed by atoms with Crippen molar-refractivity contribution in [3.05, 3.63) is 10.6 Å². The molecule has 0 saturated carbocycles. The Hall–Kier alpha value is -0.141. The predicted molar refractivity (Wildman–Crippen MR) is 23.7 cm³/mol. The van der Waals surface area contributed by atoms with E-state index in [-0.39, 0.29) is 0 Å². The summed E-state index contributed by atoms with van der Waals surface area (Å²) in [6.45, 7) is 2.04. The fourth-order valence-electron chi connectivity index (χ4n) is 0.216. The Labute approximate surface area is 42.2 Å². The number of aryl methyl sites for hydroxylation is 1. The maximum atomic E-state index is 3.76. The Morgan fingerprint density at radius 1 is 1.83 bits per heavy atom. The molecule has 0 radical (unpaired) electrons. The molecule has 0 unspecified atom stereocenters. The van der Waals surface area contributed by atoms with E-state index in [0.29, 0.717) is 14.7 Å². The Balaban J connectivity index is 3.05. The van der Waals surface area contributed by atoms with Crippen molar-refractivity contribution in [1.29, 1.82) is 0 Å². The minimum absolute atomic E-state index is 0.347. The van der Waals surface area contributed by atoms with Crippen molar-refractivity contribution >= 4 is 14.7 Å². The van der Waals surface area contributed by atoms with Gasteiger partial charge in [0.05, 0.1) is 0 Å². The summed E-state index contributed by atoms with van der Waals surface area (Å²) in [5.41, 5.74) is 0. The van der Waals surface area contributed by atoms with Gasteiger partial charge >= 0.3 is 41.5 Å². The Bertz CT molecular complexity index is 112. The van der Waals surface area contributed by atoms with Crippen LogP contribution in [-0.2, 0) is 0 Å². The van der Waals surface area contributed by atoms with Crippen LogP contribution in [0.15, 0.2) is 6.20 Å². The van der Waals surface area contributed by atoms with Crippen LogP contribution in [0, 0.1) is 6.92 Å². The maximum absolute atomic E-state index is 3.76. The van der Waals surface area contributed by atoms with Gasteiger partial charge in [-0.1, -0.05) is 0 Å². The summed E-state index contributed by atoms with van der Waals surface area (Å²) in [4.78, 5) is 0. The topological polar surface area (TPSA) is 25.8 Å². The zero-order valence-corrected chi connectivity index (χ0v) is 5.09. The summed E-state index contributed by atoms with van der Waals surface area (Å²) in [6, 6.07) is 0. The molecule has 0 aliphatic rings. The van der Waals surface area contributed by atoms with Crippen molar-refractivity contribution < 1.29 is 0 Å². The Kier molecular flexibility index (Phi) is 1.03. The normalized spacial score (nSPS) is 8.83. The molecule has 0 atom stereocenters. The summed E-state index contributed by atoms with van der Waals surface area (Å²) < 4.78 is 5.07. The molecule has 0 bridgehead atoms. The van der Waals surface area contributed by atoms with Crippen molar-refractivity contribution in [1.82, 2.24) is 9.19 Å². The second kappa shape index (κ2) is 1.54. The standard InChI is InChI=1S/C3H4N2Se/c1-3-2-4-5-6-3/h2H,1H3. The van der Waals surface area contributed by atoms with Gasteiger partial charge in [-0.05, 0) is 0 Å². The van der Waals surface area contributed by atoms with Crippen molar-refractivity contribution in [3.8, 4) is 0 Å². The minimum atomic E-state index is 0.347. The quantitative estimate of drug-likeness (QED) is 0.476. The van der Waals surface area contributed by atoms with E-state index in [1.165, 1.54) is 4.44 Å². The molecule has 0 aliphatic carbocycles. The van der Waals surface area contributed by atoms with Crippen LogP contribution in [0.5, 0.6) is 0 Å². The molecular weight excluding hydrogens is 143 g/mol. The van der Waals surface area contributed by atoms with E-state index >= 15 is 0 Å². The molecule has 6 heavy (non-hydrogen) atoms. The van der Waals surface area contributed by atoms with E-state index in [1.54, 1.807) is 6.20 Å². The van der Waals surface area contributed by atoms with Gasteiger partial charge < -0.3 is 0 Å². The van der Waals surface area contributed by atoms with E-state index < -0.39 is 0 Å². The third kappa shape index (κ3) is 0.671. The van der Waals surface area contributed by atoms with E-state index in [1.807, 2.05) is 6.92 Å². The number of aromatic nitrogens is 2. The third-order valence-corrected chi connectivity index (χ3v) is 1.67. The van der Waals surface area contributed by atoms with Gasteiger partial charge in [-0.15, -0.1) is 0 Å². The van der Waals surface area contributed by atoms with E-state index in [4.69, 9.17) is 0 Å². The first-order valence-electron chi connectivity index (χ1n) is 1.63. The van der Waals surface area contributed by atoms with Gasteiger partial charge in [-0.3, -0.25) is 0 Å². The third-order valence-electron chi connectivity index (χ3n) is 0.471. The molecule has 0 saturated heterocycles. The zero-order valence-electron chi connectivity index (χ0n) is 3.38. The van der Waals surface area contributed by atoms with Gasteiger partial charge in [0.15, 0.2) is 0 Å². The van der Waals surface area contributed by atoms with Gasteiger partial charge in [0.2, 0.25) is 0 Å². The number of hydrogen-bond donors (Lipinski definition) is 0. The van der Waals surface area contributed by atoms with Crippen LogP contribution in [0.4, 0.5) is 0 Å². The van der Waals surface area contributed by atoms with Crippen molar-refractivity contribution in [2.45, 2.75) is 6.92 Å². The van der Waals surface area contributed by atoms with Crippen LogP contribution in [0.3, 0.4) is 0 Å².